The first kappa shape index (κ1) is 15.8. The van der Waals surface area contributed by atoms with Crippen molar-refractivity contribution in [2.24, 2.45) is 0 Å². The second kappa shape index (κ2) is 6.47. The minimum absolute atomic E-state index is 0.138. The number of hydrogen-bond donors (Lipinski definition) is 1. The van der Waals surface area contributed by atoms with E-state index in [1.807, 2.05) is 6.92 Å². The molecule has 0 saturated carbocycles. The Bertz CT molecular complexity index is 727. The number of ether oxygens (including phenoxy) is 1. The average Bonchev–Trinajstić information content (AvgIpc) is 2.47. The summed E-state index contributed by atoms with van der Waals surface area (Å²) < 4.78 is 32.5. The molecule has 2 rings (SSSR count). The lowest BCUT2D eigenvalue weighted by molar-refractivity contribution is 0.402. The van der Waals surface area contributed by atoms with E-state index in [2.05, 4.69) is 4.72 Å². The summed E-state index contributed by atoms with van der Waals surface area (Å²) >= 11 is 5.80. The van der Waals surface area contributed by atoms with Crippen LogP contribution in [0.15, 0.2) is 47.4 Å². The molecule has 0 amide bonds. The largest absolute Gasteiger partial charge is 0.495 e. The van der Waals surface area contributed by atoms with Gasteiger partial charge in [0.25, 0.3) is 0 Å². The normalized spacial score (nSPS) is 11.4. The quantitative estimate of drug-likeness (QED) is 0.918. The summed E-state index contributed by atoms with van der Waals surface area (Å²) in [5, 5.41) is 0.613. The molecule has 0 aliphatic heterocycles. The van der Waals surface area contributed by atoms with E-state index in [0.717, 1.165) is 11.1 Å². The maximum Gasteiger partial charge on any atom is 0.244 e. The molecule has 4 nitrogen and oxygen atoms in total. The van der Waals surface area contributed by atoms with E-state index in [9.17, 15) is 8.42 Å². The fourth-order valence-corrected chi connectivity index (χ4v) is 3.25. The van der Waals surface area contributed by atoms with Crippen molar-refractivity contribution < 1.29 is 13.2 Å². The molecule has 0 bridgehead atoms. The number of nitrogens with one attached hydrogen (secondary N) is 1. The number of rotatable bonds is 5. The Morgan fingerprint density at radius 3 is 2.43 bits per heavy atom. The molecule has 0 unspecified atom stereocenters. The van der Waals surface area contributed by atoms with Crippen LogP contribution < -0.4 is 9.46 Å². The van der Waals surface area contributed by atoms with Crippen LogP contribution >= 0.6 is 11.6 Å². The molecule has 21 heavy (non-hydrogen) atoms. The van der Waals surface area contributed by atoms with Gasteiger partial charge in [-0.2, -0.15) is 0 Å². The number of methoxy groups -OCH3 is 1. The molecule has 0 fully saturated rings. The van der Waals surface area contributed by atoms with Gasteiger partial charge in [0.1, 0.15) is 10.6 Å². The summed E-state index contributed by atoms with van der Waals surface area (Å²) in [6.45, 7) is 2.02. The monoisotopic (exact) mass is 325 g/mol. The van der Waals surface area contributed by atoms with Gasteiger partial charge in [0.2, 0.25) is 10.0 Å². The predicted octanol–water partition coefficient (Wildman–Crippen LogP) is 3.14. The molecule has 0 atom stereocenters. The molecule has 0 heterocycles. The maximum atomic E-state index is 12.4. The Balaban J connectivity index is 2.22. The van der Waals surface area contributed by atoms with Gasteiger partial charge in [-0.3, -0.25) is 0 Å². The zero-order valence-electron chi connectivity index (χ0n) is 11.8. The first-order chi connectivity index (χ1) is 9.92. The fraction of sp³-hybridized carbons (Fsp3) is 0.200. The molecule has 0 aliphatic rings. The fourth-order valence-electron chi connectivity index (χ4n) is 1.85. The van der Waals surface area contributed by atoms with Gasteiger partial charge in [-0.25, -0.2) is 13.1 Å². The molecular formula is C15H16ClNO3S. The Morgan fingerprint density at radius 1 is 1.14 bits per heavy atom. The third-order valence-electron chi connectivity index (χ3n) is 2.99. The standard InChI is InChI=1S/C15H16ClNO3S/c1-11-3-8-14(20-2)15(9-11)21(18,19)17-10-12-4-6-13(16)7-5-12/h3-9,17H,10H2,1-2H3. The zero-order valence-corrected chi connectivity index (χ0v) is 13.3. The lowest BCUT2D eigenvalue weighted by Gasteiger charge is -2.11. The molecule has 6 heteroatoms. The van der Waals surface area contributed by atoms with Crippen molar-refractivity contribution in [3.63, 3.8) is 0 Å². The minimum Gasteiger partial charge on any atom is -0.495 e. The highest BCUT2D eigenvalue weighted by Crippen LogP contribution is 2.24. The number of aryl methyl sites for hydroxylation is 1. The van der Waals surface area contributed by atoms with Crippen LogP contribution in [-0.4, -0.2) is 15.5 Å². The lowest BCUT2D eigenvalue weighted by atomic mass is 10.2. The first-order valence-corrected chi connectivity index (χ1v) is 8.17. The number of hydrogen-bond acceptors (Lipinski definition) is 3. The predicted molar refractivity (Wildman–Crippen MR) is 83.2 cm³/mol. The van der Waals surface area contributed by atoms with Crippen molar-refractivity contribution in [3.05, 3.63) is 58.6 Å². The molecule has 0 radical (unpaired) electrons. The summed E-state index contributed by atoms with van der Waals surface area (Å²) in [6.07, 6.45) is 0. The van der Waals surface area contributed by atoms with Crippen molar-refractivity contribution in [1.82, 2.24) is 4.72 Å². The van der Waals surface area contributed by atoms with Crippen molar-refractivity contribution in [2.45, 2.75) is 18.4 Å². The van der Waals surface area contributed by atoms with Crippen molar-refractivity contribution in [1.29, 1.82) is 0 Å². The van der Waals surface area contributed by atoms with Crippen LogP contribution in [0.2, 0.25) is 5.02 Å². The number of halogens is 1. The highest BCUT2D eigenvalue weighted by molar-refractivity contribution is 7.89. The van der Waals surface area contributed by atoms with E-state index in [0.29, 0.717) is 10.8 Å². The van der Waals surface area contributed by atoms with Crippen LogP contribution in [-0.2, 0) is 16.6 Å². The molecule has 0 saturated heterocycles. The molecule has 0 aliphatic carbocycles. The van der Waals surface area contributed by atoms with Gasteiger partial charge in [-0.1, -0.05) is 29.8 Å². The van der Waals surface area contributed by atoms with Crippen molar-refractivity contribution in [2.75, 3.05) is 7.11 Å². The van der Waals surface area contributed by atoms with Crippen molar-refractivity contribution in [3.8, 4) is 5.75 Å². The van der Waals surface area contributed by atoms with E-state index < -0.39 is 10.0 Å². The molecule has 2 aromatic rings. The zero-order chi connectivity index (χ0) is 15.5. The van der Waals surface area contributed by atoms with Gasteiger partial charge in [-0.15, -0.1) is 0 Å². The Hall–Kier alpha value is -1.56. The highest BCUT2D eigenvalue weighted by atomic mass is 35.5. The Morgan fingerprint density at radius 2 is 1.81 bits per heavy atom. The highest BCUT2D eigenvalue weighted by Gasteiger charge is 2.19. The van der Waals surface area contributed by atoms with E-state index in [1.165, 1.54) is 7.11 Å². The summed E-state index contributed by atoms with van der Waals surface area (Å²) in [4.78, 5) is 0.138. The van der Waals surface area contributed by atoms with Crippen LogP contribution in [0.4, 0.5) is 0 Å². The van der Waals surface area contributed by atoms with Gasteiger partial charge in [0.05, 0.1) is 7.11 Å². The van der Waals surface area contributed by atoms with Crippen LogP contribution in [0, 0.1) is 6.92 Å². The third kappa shape index (κ3) is 3.97. The van der Waals surface area contributed by atoms with E-state index in [-0.39, 0.29) is 11.4 Å². The van der Waals surface area contributed by atoms with Gasteiger partial charge in [-0.05, 0) is 42.3 Å². The van der Waals surface area contributed by atoms with Crippen molar-refractivity contribution >= 4 is 21.6 Å². The smallest absolute Gasteiger partial charge is 0.244 e. The van der Waals surface area contributed by atoms with E-state index >= 15 is 0 Å². The van der Waals surface area contributed by atoms with Crippen LogP contribution in [0.1, 0.15) is 11.1 Å². The summed E-state index contributed by atoms with van der Waals surface area (Å²) in [7, 11) is -2.19. The number of sulfonamides is 1. The van der Waals surface area contributed by atoms with E-state index in [4.69, 9.17) is 16.3 Å². The molecular weight excluding hydrogens is 310 g/mol. The van der Waals surface area contributed by atoms with Crippen LogP contribution in [0.5, 0.6) is 5.75 Å². The van der Waals surface area contributed by atoms with Gasteiger partial charge in [0.15, 0.2) is 0 Å². The molecule has 1 N–H and O–H groups in total. The Labute approximate surface area is 129 Å². The van der Waals surface area contributed by atoms with Crippen LogP contribution in [0.3, 0.4) is 0 Å². The third-order valence-corrected chi connectivity index (χ3v) is 4.66. The summed E-state index contributed by atoms with van der Waals surface area (Å²) in [6, 6.07) is 12.0. The second-order valence-corrected chi connectivity index (χ2v) is 6.78. The van der Waals surface area contributed by atoms with E-state index in [1.54, 1.807) is 42.5 Å². The molecule has 0 aromatic heterocycles. The minimum atomic E-state index is -3.64. The molecule has 112 valence electrons. The summed E-state index contributed by atoms with van der Waals surface area (Å²) in [5.74, 6) is 0.323. The maximum absolute atomic E-state index is 12.4. The summed E-state index contributed by atoms with van der Waals surface area (Å²) in [5.41, 5.74) is 1.68. The Kier molecular flexibility index (Phi) is 4.88. The average molecular weight is 326 g/mol. The van der Waals surface area contributed by atoms with Gasteiger partial charge < -0.3 is 4.74 Å². The topological polar surface area (TPSA) is 55.4 Å². The second-order valence-electron chi connectivity index (χ2n) is 4.61. The van der Waals surface area contributed by atoms with Gasteiger partial charge in [0, 0.05) is 11.6 Å². The first-order valence-electron chi connectivity index (χ1n) is 6.31. The lowest BCUT2D eigenvalue weighted by Crippen LogP contribution is -2.23. The van der Waals surface area contributed by atoms with Crippen LogP contribution in [0.25, 0.3) is 0 Å². The molecule has 2 aromatic carbocycles. The SMILES string of the molecule is COc1ccc(C)cc1S(=O)(=O)NCc1ccc(Cl)cc1. The van der Waals surface area contributed by atoms with Gasteiger partial charge >= 0.3 is 0 Å². The number of benzene rings is 2. The molecule has 0 spiro atoms.